The molecule has 3 N–H and O–H groups in total. The van der Waals surface area contributed by atoms with Gasteiger partial charge in [-0.3, -0.25) is 10.1 Å². The fraction of sp³-hybridized carbons (Fsp3) is 0.133. The van der Waals surface area contributed by atoms with Crippen molar-refractivity contribution in [3.05, 3.63) is 119 Å². The number of aromatic hydroxyl groups is 1. The van der Waals surface area contributed by atoms with Gasteiger partial charge >= 0.3 is 6.09 Å². The first-order valence-corrected chi connectivity index (χ1v) is 11.8. The molecule has 0 aliphatic heterocycles. The van der Waals surface area contributed by atoms with E-state index in [1.54, 1.807) is 18.2 Å². The Bertz CT molecular complexity index is 1370. The largest absolute Gasteiger partial charge is 0.507 e. The van der Waals surface area contributed by atoms with E-state index in [0.29, 0.717) is 23.7 Å². The summed E-state index contributed by atoms with van der Waals surface area (Å²) in [5, 5.41) is 15.8. The SMILES string of the molecule is Cc1cc(NC(=O)OCc2ccccc2)cc(C)c1Oc1ccc(O)c(C(=O)NCc2ccccc2)c1. The zero-order valence-corrected chi connectivity index (χ0v) is 20.7. The lowest BCUT2D eigenvalue weighted by Gasteiger charge is -2.15. The van der Waals surface area contributed by atoms with Crippen molar-refractivity contribution in [1.29, 1.82) is 0 Å². The van der Waals surface area contributed by atoms with Gasteiger partial charge in [-0.05, 0) is 66.4 Å². The highest BCUT2D eigenvalue weighted by molar-refractivity contribution is 5.97. The van der Waals surface area contributed by atoms with Gasteiger partial charge in [0.25, 0.3) is 5.91 Å². The van der Waals surface area contributed by atoms with Crippen molar-refractivity contribution in [3.8, 4) is 17.2 Å². The highest BCUT2D eigenvalue weighted by Gasteiger charge is 2.15. The number of carbonyl (C=O) groups is 2. The summed E-state index contributed by atoms with van der Waals surface area (Å²) in [6.07, 6.45) is -0.555. The van der Waals surface area contributed by atoms with Gasteiger partial charge in [-0.2, -0.15) is 0 Å². The molecule has 4 aromatic carbocycles. The number of aryl methyl sites for hydroxylation is 2. The number of hydrogen-bond acceptors (Lipinski definition) is 5. The number of nitrogens with one attached hydrogen (secondary N) is 2. The molecule has 188 valence electrons. The number of rotatable bonds is 8. The topological polar surface area (TPSA) is 96.9 Å². The van der Waals surface area contributed by atoms with Crippen LogP contribution in [0.15, 0.2) is 91.0 Å². The summed E-state index contributed by atoms with van der Waals surface area (Å²) in [4.78, 5) is 24.9. The molecule has 0 aliphatic carbocycles. The van der Waals surface area contributed by atoms with E-state index in [1.165, 1.54) is 12.1 Å². The average Bonchev–Trinajstić information content (AvgIpc) is 2.90. The van der Waals surface area contributed by atoms with Crippen LogP contribution in [0.5, 0.6) is 17.2 Å². The summed E-state index contributed by atoms with van der Waals surface area (Å²) in [6, 6.07) is 27.0. The van der Waals surface area contributed by atoms with Gasteiger partial charge in [-0.15, -0.1) is 0 Å². The van der Waals surface area contributed by atoms with Crippen LogP contribution in [0.4, 0.5) is 10.5 Å². The molecule has 0 radical (unpaired) electrons. The Hall–Kier alpha value is -4.78. The molecule has 0 bridgehead atoms. The quantitative estimate of drug-likeness (QED) is 0.259. The summed E-state index contributed by atoms with van der Waals surface area (Å²) in [5.74, 6) is 0.440. The normalized spacial score (nSPS) is 10.4. The number of hydrogen-bond donors (Lipinski definition) is 3. The van der Waals surface area contributed by atoms with Crippen molar-refractivity contribution < 1.29 is 24.2 Å². The number of ether oxygens (including phenoxy) is 2. The second-order valence-electron chi connectivity index (χ2n) is 8.58. The van der Waals surface area contributed by atoms with Crippen LogP contribution in [-0.4, -0.2) is 17.1 Å². The van der Waals surface area contributed by atoms with Crippen molar-refractivity contribution in [2.24, 2.45) is 0 Å². The molecule has 0 spiro atoms. The Kier molecular flexibility index (Phi) is 8.05. The van der Waals surface area contributed by atoms with Crippen LogP contribution >= 0.6 is 0 Å². The maximum absolute atomic E-state index is 12.7. The molecule has 4 rings (SSSR count). The minimum Gasteiger partial charge on any atom is -0.507 e. The van der Waals surface area contributed by atoms with Crippen molar-refractivity contribution >= 4 is 17.7 Å². The Morgan fingerprint density at radius 2 is 1.43 bits per heavy atom. The summed E-state index contributed by atoms with van der Waals surface area (Å²) >= 11 is 0. The van der Waals surface area contributed by atoms with Crippen molar-refractivity contribution in [2.75, 3.05) is 5.32 Å². The molecule has 0 saturated carbocycles. The van der Waals surface area contributed by atoms with Crippen LogP contribution in [0, 0.1) is 13.8 Å². The van der Waals surface area contributed by atoms with Crippen LogP contribution in [0.3, 0.4) is 0 Å². The molecule has 37 heavy (non-hydrogen) atoms. The van der Waals surface area contributed by atoms with E-state index in [1.807, 2.05) is 74.5 Å². The van der Waals surface area contributed by atoms with E-state index in [9.17, 15) is 14.7 Å². The Labute approximate surface area is 215 Å². The third-order valence-corrected chi connectivity index (χ3v) is 5.65. The van der Waals surface area contributed by atoms with Gasteiger partial charge in [-0.25, -0.2) is 4.79 Å². The predicted octanol–water partition coefficient (Wildman–Crippen LogP) is 6.48. The van der Waals surface area contributed by atoms with Gasteiger partial charge < -0.3 is 19.9 Å². The monoisotopic (exact) mass is 496 g/mol. The number of carbonyl (C=O) groups excluding carboxylic acids is 2. The van der Waals surface area contributed by atoms with Crippen molar-refractivity contribution in [3.63, 3.8) is 0 Å². The fourth-order valence-electron chi connectivity index (χ4n) is 3.81. The van der Waals surface area contributed by atoms with Crippen LogP contribution < -0.4 is 15.4 Å². The number of amides is 2. The molecule has 0 fully saturated rings. The number of anilines is 1. The van der Waals surface area contributed by atoms with E-state index < -0.39 is 12.0 Å². The van der Waals surface area contributed by atoms with Gasteiger partial charge in [-0.1, -0.05) is 60.7 Å². The van der Waals surface area contributed by atoms with Crippen LogP contribution in [-0.2, 0) is 17.9 Å². The minimum atomic E-state index is -0.555. The molecule has 0 atom stereocenters. The smallest absolute Gasteiger partial charge is 0.411 e. The summed E-state index contributed by atoms with van der Waals surface area (Å²) in [7, 11) is 0. The first-order chi connectivity index (χ1) is 17.9. The second-order valence-corrected chi connectivity index (χ2v) is 8.58. The summed E-state index contributed by atoms with van der Waals surface area (Å²) in [5.41, 5.74) is 4.10. The zero-order valence-electron chi connectivity index (χ0n) is 20.7. The third kappa shape index (κ3) is 6.89. The van der Waals surface area contributed by atoms with Crippen LogP contribution in [0.2, 0.25) is 0 Å². The van der Waals surface area contributed by atoms with E-state index in [2.05, 4.69) is 10.6 Å². The maximum Gasteiger partial charge on any atom is 0.411 e. The molecule has 0 saturated heterocycles. The zero-order chi connectivity index (χ0) is 26.2. The van der Waals surface area contributed by atoms with Gasteiger partial charge in [0.15, 0.2) is 0 Å². The Morgan fingerprint density at radius 3 is 2.08 bits per heavy atom. The summed E-state index contributed by atoms with van der Waals surface area (Å²) < 4.78 is 11.4. The molecule has 4 aromatic rings. The first-order valence-electron chi connectivity index (χ1n) is 11.8. The van der Waals surface area contributed by atoms with Crippen LogP contribution in [0.25, 0.3) is 0 Å². The third-order valence-electron chi connectivity index (χ3n) is 5.65. The number of benzene rings is 4. The molecule has 0 aliphatic rings. The molecule has 0 aromatic heterocycles. The van der Waals surface area contributed by atoms with E-state index in [-0.39, 0.29) is 17.9 Å². The molecular weight excluding hydrogens is 468 g/mol. The molecule has 7 nitrogen and oxygen atoms in total. The Balaban J connectivity index is 1.41. The van der Waals surface area contributed by atoms with E-state index in [4.69, 9.17) is 9.47 Å². The highest BCUT2D eigenvalue weighted by atomic mass is 16.5. The van der Waals surface area contributed by atoms with Gasteiger partial charge in [0.2, 0.25) is 0 Å². The maximum atomic E-state index is 12.7. The predicted molar refractivity (Wildman–Crippen MR) is 142 cm³/mol. The Morgan fingerprint density at radius 1 is 0.811 bits per heavy atom. The molecular formula is C30H28N2O5. The standard InChI is InChI=1S/C30H28N2O5/c1-20-15-24(32-30(35)36-19-23-11-7-4-8-12-23)16-21(2)28(20)37-25-13-14-27(33)26(17-25)29(34)31-18-22-9-5-3-6-10-22/h3-17,33H,18-19H2,1-2H3,(H,31,34)(H,32,35). The van der Waals surface area contributed by atoms with Crippen LogP contribution in [0.1, 0.15) is 32.6 Å². The van der Waals surface area contributed by atoms with Crippen molar-refractivity contribution in [1.82, 2.24) is 5.32 Å². The fourth-order valence-corrected chi connectivity index (χ4v) is 3.81. The molecule has 0 heterocycles. The molecule has 2 amide bonds. The second kappa shape index (κ2) is 11.8. The van der Waals surface area contributed by atoms with Gasteiger partial charge in [0.05, 0.1) is 5.56 Å². The van der Waals surface area contributed by atoms with Gasteiger partial charge in [0, 0.05) is 12.2 Å². The van der Waals surface area contributed by atoms with Gasteiger partial charge in [0.1, 0.15) is 23.9 Å². The van der Waals surface area contributed by atoms with Crippen molar-refractivity contribution in [2.45, 2.75) is 27.0 Å². The first kappa shape index (κ1) is 25.3. The van der Waals surface area contributed by atoms with E-state index in [0.717, 1.165) is 22.3 Å². The minimum absolute atomic E-state index is 0.114. The van der Waals surface area contributed by atoms with E-state index >= 15 is 0 Å². The number of phenolic OH excluding ortho intramolecular Hbond substituents is 1. The lowest BCUT2D eigenvalue weighted by Crippen LogP contribution is -2.22. The molecule has 7 heteroatoms. The highest BCUT2D eigenvalue weighted by Crippen LogP contribution is 2.33. The average molecular weight is 497 g/mol. The number of phenols is 1. The lowest BCUT2D eigenvalue weighted by atomic mass is 10.1. The molecule has 0 unspecified atom stereocenters. The summed E-state index contributed by atoms with van der Waals surface area (Å²) in [6.45, 7) is 4.23. The lowest BCUT2D eigenvalue weighted by molar-refractivity contribution is 0.0948.